The molecule has 0 aliphatic heterocycles. The standard InChI is InChI=1S/C17H23NO5/c1-4-23-17(19)15-9-14-8-12(10-22-11-21-3)7-13(5-6-20-2)16(14)18-15/h7-9,18H,4-6,10-11H2,1-3H3. The zero-order chi connectivity index (χ0) is 16.7. The van der Waals surface area contributed by atoms with Gasteiger partial charge in [0.25, 0.3) is 0 Å². The van der Waals surface area contributed by atoms with Crippen LogP contribution in [0.4, 0.5) is 0 Å². The van der Waals surface area contributed by atoms with Crippen LogP contribution in [0.15, 0.2) is 18.2 Å². The number of carbonyl (C=O) groups excluding carboxylic acids is 1. The maximum absolute atomic E-state index is 11.9. The normalized spacial score (nSPS) is 11.1. The molecule has 0 saturated heterocycles. The Hall–Kier alpha value is -1.89. The smallest absolute Gasteiger partial charge is 0.354 e. The van der Waals surface area contributed by atoms with Crippen LogP contribution in [0.2, 0.25) is 0 Å². The number of aromatic amines is 1. The molecule has 2 aromatic rings. The van der Waals surface area contributed by atoms with Gasteiger partial charge in [-0.15, -0.1) is 0 Å². The van der Waals surface area contributed by atoms with Gasteiger partial charge in [-0.05, 0) is 36.6 Å². The summed E-state index contributed by atoms with van der Waals surface area (Å²) in [4.78, 5) is 15.1. The molecular formula is C17H23NO5. The minimum absolute atomic E-state index is 0.243. The van der Waals surface area contributed by atoms with Crippen LogP contribution < -0.4 is 0 Å². The first-order chi connectivity index (χ1) is 11.2. The molecule has 0 atom stereocenters. The summed E-state index contributed by atoms with van der Waals surface area (Å²) >= 11 is 0. The predicted molar refractivity (Wildman–Crippen MR) is 86.5 cm³/mol. The van der Waals surface area contributed by atoms with Crippen molar-refractivity contribution in [2.75, 3.05) is 34.2 Å². The van der Waals surface area contributed by atoms with Gasteiger partial charge in [-0.3, -0.25) is 0 Å². The van der Waals surface area contributed by atoms with E-state index in [0.717, 1.165) is 28.5 Å². The first-order valence-electron chi connectivity index (χ1n) is 7.56. The SMILES string of the molecule is CCOC(=O)c1cc2cc(COCOC)cc(CCOC)c2[nH]1. The Kier molecular flexibility index (Phi) is 6.58. The Morgan fingerprint density at radius 3 is 2.70 bits per heavy atom. The average molecular weight is 321 g/mol. The number of rotatable bonds is 9. The van der Waals surface area contributed by atoms with Crippen molar-refractivity contribution in [1.29, 1.82) is 0 Å². The second-order valence-electron chi connectivity index (χ2n) is 5.12. The predicted octanol–water partition coefficient (Wildman–Crippen LogP) is 2.65. The van der Waals surface area contributed by atoms with Crippen molar-refractivity contribution in [1.82, 2.24) is 4.98 Å². The first kappa shape index (κ1) is 17.5. The lowest BCUT2D eigenvalue weighted by atomic mass is 10.0. The molecule has 6 heteroatoms. The van der Waals surface area contributed by atoms with Crippen molar-refractivity contribution < 1.29 is 23.7 Å². The van der Waals surface area contributed by atoms with Crippen LogP contribution >= 0.6 is 0 Å². The average Bonchev–Trinajstić information content (AvgIpc) is 2.97. The second-order valence-corrected chi connectivity index (χ2v) is 5.12. The number of nitrogens with one attached hydrogen (secondary N) is 1. The Balaban J connectivity index is 2.33. The molecule has 126 valence electrons. The molecule has 1 heterocycles. The van der Waals surface area contributed by atoms with Gasteiger partial charge in [-0.25, -0.2) is 4.79 Å². The molecular weight excluding hydrogens is 298 g/mol. The topological polar surface area (TPSA) is 69.8 Å². The summed E-state index contributed by atoms with van der Waals surface area (Å²) in [6.45, 7) is 3.43. The van der Waals surface area contributed by atoms with E-state index in [1.807, 2.05) is 12.1 Å². The summed E-state index contributed by atoms with van der Waals surface area (Å²) in [5.41, 5.74) is 3.49. The number of hydrogen-bond donors (Lipinski definition) is 1. The van der Waals surface area contributed by atoms with Crippen molar-refractivity contribution in [2.24, 2.45) is 0 Å². The van der Waals surface area contributed by atoms with Gasteiger partial charge in [0.05, 0.1) is 19.8 Å². The summed E-state index contributed by atoms with van der Waals surface area (Å²) in [7, 11) is 3.26. The molecule has 6 nitrogen and oxygen atoms in total. The second kappa shape index (κ2) is 8.67. The summed E-state index contributed by atoms with van der Waals surface area (Å²) in [5.74, 6) is -0.349. The van der Waals surface area contributed by atoms with Gasteiger partial charge in [-0.1, -0.05) is 6.07 Å². The van der Waals surface area contributed by atoms with Gasteiger partial charge in [0.1, 0.15) is 12.5 Å². The zero-order valence-corrected chi connectivity index (χ0v) is 13.8. The Labute approximate surface area is 135 Å². The van der Waals surface area contributed by atoms with Crippen LogP contribution in [-0.4, -0.2) is 45.2 Å². The molecule has 0 radical (unpaired) electrons. The molecule has 1 aromatic carbocycles. The van der Waals surface area contributed by atoms with Crippen molar-refractivity contribution in [2.45, 2.75) is 20.0 Å². The maximum atomic E-state index is 11.9. The minimum Gasteiger partial charge on any atom is -0.461 e. The van der Waals surface area contributed by atoms with Crippen molar-refractivity contribution >= 4 is 16.9 Å². The van der Waals surface area contributed by atoms with E-state index < -0.39 is 0 Å². The molecule has 1 N–H and O–H groups in total. The highest BCUT2D eigenvalue weighted by Gasteiger charge is 2.13. The van der Waals surface area contributed by atoms with Gasteiger partial charge >= 0.3 is 5.97 Å². The van der Waals surface area contributed by atoms with Crippen LogP contribution in [-0.2, 0) is 32.0 Å². The third kappa shape index (κ3) is 4.54. The van der Waals surface area contributed by atoms with E-state index >= 15 is 0 Å². The van der Waals surface area contributed by atoms with Crippen molar-refractivity contribution in [3.63, 3.8) is 0 Å². The molecule has 0 spiro atoms. The lowest BCUT2D eigenvalue weighted by Crippen LogP contribution is -2.04. The Morgan fingerprint density at radius 1 is 1.17 bits per heavy atom. The van der Waals surface area contributed by atoms with Gasteiger partial charge in [0.15, 0.2) is 0 Å². The molecule has 2 rings (SSSR count). The third-order valence-electron chi connectivity index (χ3n) is 3.41. The van der Waals surface area contributed by atoms with Gasteiger partial charge in [-0.2, -0.15) is 0 Å². The monoisotopic (exact) mass is 321 g/mol. The summed E-state index contributed by atoms with van der Waals surface area (Å²) in [6.07, 6.45) is 0.744. The number of fused-ring (bicyclic) bond motifs is 1. The number of carbonyl (C=O) groups is 1. The van der Waals surface area contributed by atoms with E-state index in [9.17, 15) is 4.79 Å². The van der Waals surface area contributed by atoms with Crippen LogP contribution in [0.1, 0.15) is 28.5 Å². The zero-order valence-electron chi connectivity index (χ0n) is 13.8. The van der Waals surface area contributed by atoms with E-state index in [1.54, 1.807) is 21.1 Å². The van der Waals surface area contributed by atoms with Crippen LogP contribution in [0, 0.1) is 0 Å². The van der Waals surface area contributed by atoms with Crippen LogP contribution in [0.25, 0.3) is 10.9 Å². The molecule has 23 heavy (non-hydrogen) atoms. The van der Waals surface area contributed by atoms with Gasteiger partial charge in [0, 0.05) is 25.1 Å². The number of aromatic nitrogens is 1. The molecule has 0 aliphatic carbocycles. The fourth-order valence-corrected chi connectivity index (χ4v) is 2.44. The summed E-state index contributed by atoms with van der Waals surface area (Å²) < 4.78 is 20.5. The Bertz CT molecular complexity index is 650. The molecule has 0 saturated carbocycles. The molecule has 0 amide bonds. The lowest BCUT2D eigenvalue weighted by Gasteiger charge is -2.08. The highest BCUT2D eigenvalue weighted by atomic mass is 16.7. The largest absolute Gasteiger partial charge is 0.461 e. The highest BCUT2D eigenvalue weighted by Crippen LogP contribution is 2.24. The number of hydrogen-bond acceptors (Lipinski definition) is 5. The van der Waals surface area contributed by atoms with E-state index in [4.69, 9.17) is 18.9 Å². The summed E-state index contributed by atoms with van der Waals surface area (Å²) in [5, 5.41) is 0.956. The number of H-pyrrole nitrogens is 1. The minimum atomic E-state index is -0.349. The highest BCUT2D eigenvalue weighted by molar-refractivity contribution is 5.96. The van der Waals surface area contributed by atoms with E-state index in [2.05, 4.69) is 11.1 Å². The fraction of sp³-hybridized carbons (Fsp3) is 0.471. The van der Waals surface area contributed by atoms with E-state index in [-0.39, 0.29) is 12.8 Å². The molecule has 1 aromatic heterocycles. The number of methoxy groups -OCH3 is 2. The maximum Gasteiger partial charge on any atom is 0.354 e. The van der Waals surface area contributed by atoms with Gasteiger partial charge in [0.2, 0.25) is 0 Å². The fourth-order valence-electron chi connectivity index (χ4n) is 2.44. The summed E-state index contributed by atoms with van der Waals surface area (Å²) in [6, 6.07) is 5.87. The number of ether oxygens (including phenoxy) is 4. The number of benzene rings is 1. The number of esters is 1. The van der Waals surface area contributed by atoms with Crippen molar-refractivity contribution in [3.8, 4) is 0 Å². The first-order valence-corrected chi connectivity index (χ1v) is 7.56. The molecule has 0 unspecified atom stereocenters. The Morgan fingerprint density at radius 2 is 2.00 bits per heavy atom. The van der Waals surface area contributed by atoms with E-state index in [1.165, 1.54) is 0 Å². The van der Waals surface area contributed by atoms with Gasteiger partial charge < -0.3 is 23.9 Å². The third-order valence-corrected chi connectivity index (χ3v) is 3.41. The van der Waals surface area contributed by atoms with Crippen LogP contribution in [0.3, 0.4) is 0 Å². The quantitative estimate of drug-likeness (QED) is 0.437. The van der Waals surface area contributed by atoms with E-state index in [0.29, 0.717) is 25.5 Å². The van der Waals surface area contributed by atoms with Crippen molar-refractivity contribution in [3.05, 3.63) is 35.0 Å². The molecule has 0 aliphatic rings. The molecule has 0 bridgehead atoms. The molecule has 0 fully saturated rings. The van der Waals surface area contributed by atoms with Crippen LogP contribution in [0.5, 0.6) is 0 Å². The lowest BCUT2D eigenvalue weighted by molar-refractivity contribution is -0.0390.